The molecule has 1 unspecified atom stereocenters. The van der Waals surface area contributed by atoms with Crippen molar-refractivity contribution in [2.24, 2.45) is 5.73 Å². The predicted octanol–water partition coefficient (Wildman–Crippen LogP) is 3.08. The summed E-state index contributed by atoms with van der Waals surface area (Å²) in [5, 5.41) is 11.6. The number of benzene rings is 3. The van der Waals surface area contributed by atoms with Gasteiger partial charge in [0.25, 0.3) is 0 Å². The highest BCUT2D eigenvalue weighted by atomic mass is 32.2. The fourth-order valence-electron chi connectivity index (χ4n) is 5.14. The summed E-state index contributed by atoms with van der Waals surface area (Å²) < 4.78 is 50.2. The van der Waals surface area contributed by atoms with E-state index in [-0.39, 0.29) is 17.9 Å². The third-order valence-electron chi connectivity index (χ3n) is 7.62. The maximum absolute atomic E-state index is 13.5. The molecular formula is C32H43N5O8S. The number of anilines is 2. The average molecular weight is 658 g/mol. The van der Waals surface area contributed by atoms with E-state index >= 15 is 0 Å². The van der Waals surface area contributed by atoms with Crippen LogP contribution in [0.2, 0.25) is 0 Å². The molecule has 46 heavy (non-hydrogen) atoms. The highest BCUT2D eigenvalue weighted by Gasteiger charge is 2.27. The van der Waals surface area contributed by atoms with Gasteiger partial charge in [-0.2, -0.15) is 4.31 Å². The molecule has 1 heterocycles. The van der Waals surface area contributed by atoms with Crippen LogP contribution in [-0.4, -0.2) is 84.6 Å². The Balaban J connectivity index is 1.46. The number of ether oxygens (including phenoxy) is 4. The lowest BCUT2D eigenvalue weighted by molar-refractivity contribution is -0.137. The zero-order valence-electron chi connectivity index (χ0n) is 26.6. The lowest BCUT2D eigenvalue weighted by atomic mass is 9.86. The van der Waals surface area contributed by atoms with E-state index < -0.39 is 21.9 Å². The minimum absolute atomic E-state index is 0.0934. The molecular weight excluding hydrogens is 614 g/mol. The van der Waals surface area contributed by atoms with Crippen LogP contribution in [-0.2, 0) is 30.8 Å². The van der Waals surface area contributed by atoms with E-state index in [0.29, 0.717) is 51.1 Å². The Labute approximate surface area is 270 Å². The van der Waals surface area contributed by atoms with E-state index in [1.807, 2.05) is 44.3 Å². The van der Waals surface area contributed by atoms with Gasteiger partial charge in [-0.25, -0.2) is 8.42 Å². The van der Waals surface area contributed by atoms with Crippen LogP contribution in [0.4, 0.5) is 11.4 Å². The number of rotatable bonds is 18. The SMILES string of the molecule is COc1cc(C(CC(=O)O)c2ccc(C)c(CN(C)S(=O)(=O)c3ccc(OCCOCCOCCN)cc3)c2)cc2c1N(C)NN2. The van der Waals surface area contributed by atoms with Crippen molar-refractivity contribution in [3.05, 3.63) is 76.9 Å². The molecule has 1 aliphatic heterocycles. The fourth-order valence-corrected chi connectivity index (χ4v) is 6.29. The first-order chi connectivity index (χ1) is 22.0. The Morgan fingerprint density at radius 3 is 2.37 bits per heavy atom. The Bertz CT molecular complexity index is 1590. The Kier molecular flexibility index (Phi) is 12.2. The number of sulfonamides is 1. The van der Waals surface area contributed by atoms with Crippen molar-refractivity contribution in [1.29, 1.82) is 0 Å². The van der Waals surface area contributed by atoms with Gasteiger partial charge in [-0.3, -0.25) is 9.80 Å². The summed E-state index contributed by atoms with van der Waals surface area (Å²) in [6, 6.07) is 15.6. The van der Waals surface area contributed by atoms with Crippen LogP contribution in [0, 0.1) is 6.92 Å². The topological polar surface area (TPSA) is 165 Å². The van der Waals surface area contributed by atoms with Crippen LogP contribution in [0.15, 0.2) is 59.5 Å². The molecule has 0 spiro atoms. The van der Waals surface area contributed by atoms with Crippen molar-refractivity contribution in [1.82, 2.24) is 9.84 Å². The number of nitrogens with one attached hydrogen (secondary N) is 2. The summed E-state index contributed by atoms with van der Waals surface area (Å²) in [7, 11) is 1.10. The van der Waals surface area contributed by atoms with Gasteiger partial charge in [-0.15, -0.1) is 5.53 Å². The number of hydrogen-bond acceptors (Lipinski definition) is 11. The van der Waals surface area contributed by atoms with Gasteiger partial charge in [0, 0.05) is 33.1 Å². The number of aliphatic carboxylic acids is 1. The zero-order valence-corrected chi connectivity index (χ0v) is 27.4. The average Bonchev–Trinajstić information content (AvgIpc) is 3.42. The first-order valence-electron chi connectivity index (χ1n) is 14.9. The molecule has 0 bridgehead atoms. The van der Waals surface area contributed by atoms with E-state index in [4.69, 9.17) is 24.7 Å². The molecule has 0 saturated heterocycles. The largest absolute Gasteiger partial charge is 0.494 e. The molecule has 13 nitrogen and oxygen atoms in total. The summed E-state index contributed by atoms with van der Waals surface area (Å²) in [5.74, 6) is -0.344. The van der Waals surface area contributed by atoms with Gasteiger partial charge in [0.2, 0.25) is 10.0 Å². The first-order valence-corrected chi connectivity index (χ1v) is 16.3. The van der Waals surface area contributed by atoms with Crippen LogP contribution < -0.4 is 31.2 Å². The van der Waals surface area contributed by atoms with Gasteiger partial charge in [0.05, 0.1) is 50.5 Å². The van der Waals surface area contributed by atoms with E-state index in [2.05, 4.69) is 11.0 Å². The summed E-state index contributed by atoms with van der Waals surface area (Å²) >= 11 is 0. The monoisotopic (exact) mass is 657 g/mol. The number of carboxylic acid groups (broad SMARTS) is 1. The minimum atomic E-state index is -3.84. The van der Waals surface area contributed by atoms with Gasteiger partial charge in [-0.05, 0) is 65.6 Å². The molecule has 14 heteroatoms. The van der Waals surface area contributed by atoms with E-state index in [1.165, 1.54) is 23.5 Å². The second-order valence-electron chi connectivity index (χ2n) is 10.8. The van der Waals surface area contributed by atoms with Crippen molar-refractivity contribution >= 4 is 27.4 Å². The number of nitrogens with zero attached hydrogens (tertiary/aromatic N) is 2. The van der Waals surface area contributed by atoms with E-state index in [1.54, 1.807) is 24.3 Å². The minimum Gasteiger partial charge on any atom is -0.494 e. The molecule has 0 aliphatic carbocycles. The van der Waals surface area contributed by atoms with Crippen molar-refractivity contribution in [2.75, 3.05) is 71.2 Å². The molecule has 1 aliphatic rings. The lowest BCUT2D eigenvalue weighted by Gasteiger charge is -2.22. The van der Waals surface area contributed by atoms with Crippen molar-refractivity contribution < 1.29 is 37.3 Å². The Morgan fingerprint density at radius 1 is 1.00 bits per heavy atom. The highest BCUT2D eigenvalue weighted by molar-refractivity contribution is 7.89. The van der Waals surface area contributed by atoms with Gasteiger partial charge in [0.15, 0.2) is 0 Å². The normalized spacial score (nSPS) is 13.4. The van der Waals surface area contributed by atoms with Gasteiger partial charge >= 0.3 is 5.97 Å². The number of methoxy groups -OCH3 is 1. The summed E-state index contributed by atoms with van der Waals surface area (Å²) in [6.07, 6.45) is -0.161. The molecule has 5 N–H and O–H groups in total. The maximum Gasteiger partial charge on any atom is 0.304 e. The van der Waals surface area contributed by atoms with Gasteiger partial charge in [0.1, 0.15) is 23.8 Å². The summed E-state index contributed by atoms with van der Waals surface area (Å²) in [5.41, 5.74) is 16.2. The number of hydrogen-bond donors (Lipinski definition) is 4. The van der Waals surface area contributed by atoms with Crippen LogP contribution >= 0.6 is 0 Å². The van der Waals surface area contributed by atoms with Crippen LogP contribution in [0.25, 0.3) is 0 Å². The molecule has 3 aromatic carbocycles. The predicted molar refractivity (Wildman–Crippen MR) is 175 cm³/mol. The molecule has 250 valence electrons. The number of hydrazine groups is 2. The van der Waals surface area contributed by atoms with Gasteiger partial charge in [-0.1, -0.05) is 18.2 Å². The van der Waals surface area contributed by atoms with Crippen LogP contribution in [0.5, 0.6) is 11.5 Å². The smallest absolute Gasteiger partial charge is 0.304 e. The zero-order chi connectivity index (χ0) is 33.3. The van der Waals surface area contributed by atoms with Crippen molar-refractivity contribution in [2.45, 2.75) is 30.7 Å². The number of aryl methyl sites for hydroxylation is 1. The number of carboxylic acids is 1. The van der Waals surface area contributed by atoms with Gasteiger partial charge < -0.3 is 35.2 Å². The second-order valence-corrected chi connectivity index (χ2v) is 12.9. The Morgan fingerprint density at radius 2 is 1.70 bits per heavy atom. The quantitative estimate of drug-likeness (QED) is 0.148. The molecule has 1 atom stereocenters. The molecule has 4 rings (SSSR count). The summed E-state index contributed by atoms with van der Waals surface area (Å²) in [4.78, 5) is 12.1. The summed E-state index contributed by atoms with van der Waals surface area (Å²) in [6.45, 7) is 4.52. The third-order valence-corrected chi connectivity index (χ3v) is 9.44. The van der Waals surface area contributed by atoms with E-state index in [0.717, 1.165) is 33.6 Å². The second kappa shape index (κ2) is 16.1. The van der Waals surface area contributed by atoms with Crippen LogP contribution in [0.3, 0.4) is 0 Å². The lowest BCUT2D eigenvalue weighted by Crippen LogP contribution is -2.31. The third kappa shape index (κ3) is 8.66. The van der Waals surface area contributed by atoms with Crippen molar-refractivity contribution in [3.8, 4) is 11.5 Å². The number of carbonyl (C=O) groups is 1. The fraction of sp³-hybridized carbons (Fsp3) is 0.406. The molecule has 0 saturated carbocycles. The highest BCUT2D eigenvalue weighted by Crippen LogP contribution is 2.42. The van der Waals surface area contributed by atoms with E-state index in [9.17, 15) is 18.3 Å². The molecule has 0 radical (unpaired) electrons. The molecule has 0 aromatic heterocycles. The van der Waals surface area contributed by atoms with Crippen LogP contribution in [0.1, 0.15) is 34.6 Å². The molecule has 0 amide bonds. The standard InChI is InChI=1S/C32H43N5O8S/c1-22-5-6-23(28(20-31(38)39)24-18-29-32(30(19-24)42-4)37(3)35-34-29)17-25(22)21-36(2)46(40,41)27-9-7-26(8-10-27)45-16-15-44-14-13-43-12-11-33/h5-10,17-19,28,34-35H,11-16,20-21,33H2,1-4H3,(H,38,39). The first kappa shape index (κ1) is 34.9. The molecule has 0 fully saturated rings. The molecule has 3 aromatic rings. The Hall–Kier alpha value is -3.92. The number of nitrogens with two attached hydrogens (primary N) is 1. The van der Waals surface area contributed by atoms with Crippen molar-refractivity contribution in [3.63, 3.8) is 0 Å². The maximum atomic E-state index is 13.5. The number of fused-ring (bicyclic) bond motifs is 1.